The van der Waals surface area contributed by atoms with Crippen LogP contribution in [0.25, 0.3) is 6.08 Å². The summed E-state index contributed by atoms with van der Waals surface area (Å²) in [5, 5.41) is 7.00. The Morgan fingerprint density at radius 3 is 2.52 bits per heavy atom. The molecular weight excluding hydrogens is 274 g/mol. The van der Waals surface area contributed by atoms with Crippen molar-refractivity contribution in [3.05, 3.63) is 30.3 Å². The number of aliphatic hydroxyl groups excluding tert-OH is 1. The number of benzene rings is 1. The number of esters is 1. The van der Waals surface area contributed by atoms with Crippen molar-refractivity contribution in [3.8, 4) is 5.75 Å². The summed E-state index contributed by atoms with van der Waals surface area (Å²) in [7, 11) is 3.84. The molecule has 21 heavy (non-hydrogen) atoms. The summed E-state index contributed by atoms with van der Waals surface area (Å²) in [6, 6.07) is 5.40. The largest absolute Gasteiger partial charge is 0.495 e. The molecule has 6 heteroatoms. The van der Waals surface area contributed by atoms with Gasteiger partial charge in [-0.05, 0) is 17.7 Å². The number of nitrogens with zero attached hydrogens (tertiary/aromatic N) is 1. The summed E-state index contributed by atoms with van der Waals surface area (Å²) in [5.41, 5.74) is 1.55. The second-order valence-electron chi connectivity index (χ2n) is 3.76. The van der Waals surface area contributed by atoms with Gasteiger partial charge in [0, 0.05) is 7.11 Å². The molecule has 0 aliphatic heterocycles. The molecule has 1 aromatic rings. The fourth-order valence-electron chi connectivity index (χ4n) is 1.64. The van der Waals surface area contributed by atoms with E-state index in [1.54, 1.807) is 23.1 Å². The Labute approximate surface area is 124 Å². The van der Waals surface area contributed by atoms with Gasteiger partial charge < -0.3 is 24.3 Å². The molecule has 0 atom stereocenters. The molecule has 1 N–H and O–H groups in total. The molecule has 0 saturated heterocycles. The van der Waals surface area contributed by atoms with Gasteiger partial charge in [0.05, 0.1) is 26.5 Å². The summed E-state index contributed by atoms with van der Waals surface area (Å²) >= 11 is 0. The highest BCUT2D eigenvalue weighted by molar-refractivity contribution is 5.79. The Hall–Kier alpha value is -2.34. The third-order valence-electron chi connectivity index (χ3n) is 2.62. The van der Waals surface area contributed by atoms with E-state index in [1.807, 2.05) is 6.07 Å². The highest BCUT2D eigenvalue weighted by atomic mass is 16.5. The van der Waals surface area contributed by atoms with E-state index >= 15 is 0 Å². The zero-order valence-corrected chi connectivity index (χ0v) is 12.5. The maximum atomic E-state index is 11.4. The van der Waals surface area contributed by atoms with Crippen LogP contribution in [0.3, 0.4) is 0 Å². The van der Waals surface area contributed by atoms with E-state index in [2.05, 4.69) is 11.3 Å². The van der Waals surface area contributed by atoms with E-state index in [0.717, 1.165) is 19.0 Å². The Bertz CT molecular complexity index is 473. The SMILES string of the molecule is C=Cc1ccc(N(CC=O)CC(=O)OC)c(OC)c1.CO. The van der Waals surface area contributed by atoms with Crippen molar-refractivity contribution in [1.82, 2.24) is 0 Å². The zero-order valence-electron chi connectivity index (χ0n) is 12.5. The lowest BCUT2D eigenvalue weighted by molar-refractivity contribution is -0.138. The minimum atomic E-state index is -0.420. The normalized spacial score (nSPS) is 8.95. The van der Waals surface area contributed by atoms with Gasteiger partial charge in [-0.2, -0.15) is 0 Å². The number of rotatable bonds is 7. The lowest BCUT2D eigenvalue weighted by Crippen LogP contribution is -2.32. The first-order chi connectivity index (χ1) is 10.2. The van der Waals surface area contributed by atoms with Crippen LogP contribution in [0.1, 0.15) is 5.56 Å². The number of carbonyl (C=O) groups is 2. The molecule has 1 rings (SSSR count). The van der Waals surface area contributed by atoms with Gasteiger partial charge in [-0.3, -0.25) is 4.79 Å². The molecule has 0 radical (unpaired) electrons. The molecular formula is C15H21NO5. The van der Waals surface area contributed by atoms with Gasteiger partial charge in [0.25, 0.3) is 0 Å². The number of aldehydes is 1. The van der Waals surface area contributed by atoms with Crippen molar-refractivity contribution in [1.29, 1.82) is 0 Å². The first kappa shape index (κ1) is 18.7. The van der Waals surface area contributed by atoms with E-state index in [9.17, 15) is 9.59 Å². The van der Waals surface area contributed by atoms with Crippen LogP contribution in [-0.2, 0) is 14.3 Å². The Kier molecular flexibility index (Phi) is 9.28. The van der Waals surface area contributed by atoms with Gasteiger partial charge in [0.1, 0.15) is 18.6 Å². The Balaban J connectivity index is 0.00000191. The van der Waals surface area contributed by atoms with Crippen LogP contribution in [0, 0.1) is 0 Å². The number of ether oxygens (including phenoxy) is 2. The van der Waals surface area contributed by atoms with Crippen molar-refractivity contribution < 1.29 is 24.2 Å². The molecule has 0 fully saturated rings. The smallest absolute Gasteiger partial charge is 0.325 e. The van der Waals surface area contributed by atoms with Crippen LogP contribution >= 0.6 is 0 Å². The zero-order chi connectivity index (χ0) is 16.3. The highest BCUT2D eigenvalue weighted by Gasteiger charge is 2.15. The summed E-state index contributed by atoms with van der Waals surface area (Å²) in [4.78, 5) is 23.7. The number of methoxy groups -OCH3 is 2. The van der Waals surface area contributed by atoms with E-state index in [0.29, 0.717) is 11.4 Å². The molecule has 116 valence electrons. The van der Waals surface area contributed by atoms with Crippen molar-refractivity contribution in [2.24, 2.45) is 0 Å². The van der Waals surface area contributed by atoms with Gasteiger partial charge in [-0.1, -0.05) is 18.7 Å². The summed E-state index contributed by atoms with van der Waals surface area (Å²) in [6.45, 7) is 3.75. The highest BCUT2D eigenvalue weighted by Crippen LogP contribution is 2.29. The Morgan fingerprint density at radius 1 is 1.38 bits per heavy atom. The average Bonchev–Trinajstić information content (AvgIpc) is 2.55. The van der Waals surface area contributed by atoms with Crippen LogP contribution < -0.4 is 9.64 Å². The third kappa shape index (κ3) is 5.66. The van der Waals surface area contributed by atoms with E-state index < -0.39 is 5.97 Å². The number of anilines is 1. The van der Waals surface area contributed by atoms with E-state index in [1.165, 1.54) is 14.2 Å². The predicted molar refractivity (Wildman–Crippen MR) is 81.5 cm³/mol. The summed E-state index contributed by atoms with van der Waals surface area (Å²) in [5.74, 6) is 0.153. The first-order valence-corrected chi connectivity index (χ1v) is 6.16. The van der Waals surface area contributed by atoms with Crippen LogP contribution in [-0.4, -0.2) is 51.8 Å². The van der Waals surface area contributed by atoms with E-state index in [4.69, 9.17) is 9.84 Å². The second-order valence-corrected chi connectivity index (χ2v) is 3.76. The van der Waals surface area contributed by atoms with Crippen molar-refractivity contribution >= 4 is 24.0 Å². The second kappa shape index (κ2) is 10.4. The molecule has 0 aliphatic rings. The fraction of sp³-hybridized carbons (Fsp3) is 0.333. The topological polar surface area (TPSA) is 76.1 Å². The average molecular weight is 295 g/mol. The molecule has 0 aromatic heterocycles. The number of carbonyl (C=O) groups excluding carboxylic acids is 2. The molecule has 0 unspecified atom stereocenters. The quantitative estimate of drug-likeness (QED) is 0.600. The van der Waals surface area contributed by atoms with Crippen LogP contribution in [0.5, 0.6) is 5.75 Å². The molecule has 0 amide bonds. The van der Waals surface area contributed by atoms with Crippen molar-refractivity contribution in [2.45, 2.75) is 0 Å². The number of hydrogen-bond donors (Lipinski definition) is 1. The lowest BCUT2D eigenvalue weighted by Gasteiger charge is -2.23. The van der Waals surface area contributed by atoms with Gasteiger partial charge in [0.2, 0.25) is 0 Å². The van der Waals surface area contributed by atoms with Gasteiger partial charge in [-0.15, -0.1) is 0 Å². The van der Waals surface area contributed by atoms with Gasteiger partial charge in [-0.25, -0.2) is 0 Å². The maximum absolute atomic E-state index is 11.4. The molecule has 6 nitrogen and oxygen atoms in total. The predicted octanol–water partition coefficient (Wildman–Crippen LogP) is 1.12. The fourth-order valence-corrected chi connectivity index (χ4v) is 1.64. The van der Waals surface area contributed by atoms with Crippen LogP contribution in [0.15, 0.2) is 24.8 Å². The van der Waals surface area contributed by atoms with Crippen molar-refractivity contribution in [2.75, 3.05) is 39.3 Å². The lowest BCUT2D eigenvalue weighted by atomic mass is 10.1. The van der Waals surface area contributed by atoms with Gasteiger partial charge in [0.15, 0.2) is 0 Å². The molecule has 0 heterocycles. The van der Waals surface area contributed by atoms with E-state index in [-0.39, 0.29) is 13.1 Å². The molecule has 0 bridgehead atoms. The molecule has 0 spiro atoms. The molecule has 1 aromatic carbocycles. The third-order valence-corrected chi connectivity index (χ3v) is 2.62. The molecule has 0 saturated carbocycles. The first-order valence-electron chi connectivity index (χ1n) is 6.16. The van der Waals surface area contributed by atoms with Gasteiger partial charge >= 0.3 is 5.97 Å². The number of hydrogen-bond acceptors (Lipinski definition) is 6. The van der Waals surface area contributed by atoms with Crippen LogP contribution in [0.4, 0.5) is 5.69 Å². The maximum Gasteiger partial charge on any atom is 0.325 e. The summed E-state index contributed by atoms with van der Waals surface area (Å²) in [6.07, 6.45) is 2.42. The molecule has 0 aliphatic carbocycles. The number of aliphatic hydroxyl groups is 1. The minimum absolute atomic E-state index is 0.0148. The summed E-state index contributed by atoms with van der Waals surface area (Å²) < 4.78 is 9.89. The Morgan fingerprint density at radius 2 is 2.05 bits per heavy atom. The monoisotopic (exact) mass is 295 g/mol. The van der Waals surface area contributed by atoms with Crippen LogP contribution in [0.2, 0.25) is 0 Å². The van der Waals surface area contributed by atoms with Crippen molar-refractivity contribution in [3.63, 3.8) is 0 Å². The minimum Gasteiger partial charge on any atom is -0.495 e. The standard InChI is InChI=1S/C14H17NO4.CH4O/c1-4-11-5-6-12(13(9-11)18-2)15(7-8-16)10-14(17)19-3;1-2/h4-6,8-9H,1,7,10H2,2-3H3;2H,1H3.